The van der Waals surface area contributed by atoms with Crippen LogP contribution in [0.25, 0.3) is 10.9 Å². The number of hydrogen-bond acceptors (Lipinski definition) is 3. The van der Waals surface area contributed by atoms with E-state index < -0.39 is 17.6 Å². The van der Waals surface area contributed by atoms with Gasteiger partial charge in [0, 0.05) is 31.2 Å². The second-order valence-electron chi connectivity index (χ2n) is 7.61. The molecule has 0 radical (unpaired) electrons. The Morgan fingerprint density at radius 1 is 1.03 bits per heavy atom. The van der Waals surface area contributed by atoms with Crippen LogP contribution in [0.2, 0.25) is 0 Å². The van der Waals surface area contributed by atoms with Gasteiger partial charge in [-0.1, -0.05) is 12.1 Å². The Bertz CT molecular complexity index is 1090. The first kappa shape index (κ1) is 21.1. The van der Waals surface area contributed by atoms with Gasteiger partial charge in [-0.3, -0.25) is 9.78 Å². The molecule has 162 valence electrons. The lowest BCUT2D eigenvalue weighted by molar-refractivity contribution is -0.137. The van der Waals surface area contributed by atoms with Crippen LogP contribution < -0.4 is 5.32 Å². The highest BCUT2D eigenvalue weighted by molar-refractivity contribution is 6.07. The molecule has 2 aromatic carbocycles. The number of rotatable bonds is 4. The van der Waals surface area contributed by atoms with Gasteiger partial charge in [0.2, 0.25) is 0 Å². The molecule has 4 nitrogen and oxygen atoms in total. The number of piperidine rings is 1. The monoisotopic (exact) mass is 431 g/mol. The molecule has 0 atom stereocenters. The molecule has 2 heterocycles. The highest BCUT2D eigenvalue weighted by Gasteiger charge is 2.30. The van der Waals surface area contributed by atoms with Crippen LogP contribution in [-0.4, -0.2) is 28.9 Å². The molecule has 1 aliphatic heterocycles. The zero-order chi connectivity index (χ0) is 22.0. The summed E-state index contributed by atoms with van der Waals surface area (Å²) in [6.07, 6.45) is 0.000454. The van der Waals surface area contributed by atoms with E-state index in [4.69, 9.17) is 0 Å². The molecular formula is C23H21F4N3O. The first-order valence-corrected chi connectivity index (χ1v) is 10.1. The lowest BCUT2D eigenvalue weighted by Gasteiger charge is -2.27. The fraction of sp³-hybridized carbons (Fsp3) is 0.304. The summed E-state index contributed by atoms with van der Waals surface area (Å²) in [5.41, 5.74) is 1.15. The minimum Gasteiger partial charge on any atom is -0.380 e. The van der Waals surface area contributed by atoms with Gasteiger partial charge in [0.1, 0.15) is 5.82 Å². The fourth-order valence-electron chi connectivity index (χ4n) is 3.79. The van der Waals surface area contributed by atoms with Crippen molar-refractivity contribution < 1.29 is 22.4 Å². The van der Waals surface area contributed by atoms with Crippen LogP contribution in [0.15, 0.2) is 48.7 Å². The summed E-state index contributed by atoms with van der Waals surface area (Å²) in [6, 6.07) is 8.93. The van der Waals surface area contributed by atoms with Gasteiger partial charge in [0.15, 0.2) is 0 Å². The molecule has 0 aliphatic carbocycles. The maximum atomic E-state index is 14.0. The van der Waals surface area contributed by atoms with Crippen molar-refractivity contribution in [1.82, 2.24) is 9.88 Å². The van der Waals surface area contributed by atoms with E-state index in [2.05, 4.69) is 10.3 Å². The second kappa shape index (κ2) is 8.53. The van der Waals surface area contributed by atoms with Gasteiger partial charge in [-0.15, -0.1) is 0 Å². The number of anilines is 1. The Kier molecular flexibility index (Phi) is 5.80. The minimum absolute atomic E-state index is 0.175. The van der Waals surface area contributed by atoms with E-state index in [1.807, 2.05) is 0 Å². The number of nitrogens with one attached hydrogen (secondary N) is 1. The van der Waals surface area contributed by atoms with E-state index in [0.717, 1.165) is 31.4 Å². The van der Waals surface area contributed by atoms with Crippen LogP contribution in [0.4, 0.5) is 23.2 Å². The third-order valence-electron chi connectivity index (χ3n) is 5.45. The van der Waals surface area contributed by atoms with Gasteiger partial charge in [0.25, 0.3) is 5.91 Å². The summed E-state index contributed by atoms with van der Waals surface area (Å²) >= 11 is 0. The van der Waals surface area contributed by atoms with Crippen LogP contribution in [0.5, 0.6) is 0 Å². The van der Waals surface area contributed by atoms with Crippen LogP contribution in [0, 0.1) is 5.82 Å². The number of amides is 1. The first-order chi connectivity index (χ1) is 14.8. The van der Waals surface area contributed by atoms with E-state index in [1.165, 1.54) is 36.5 Å². The molecule has 1 aliphatic rings. The van der Waals surface area contributed by atoms with Crippen LogP contribution in [-0.2, 0) is 12.7 Å². The van der Waals surface area contributed by atoms with Crippen molar-refractivity contribution in [2.75, 3.05) is 18.4 Å². The zero-order valence-corrected chi connectivity index (χ0v) is 16.7. The molecule has 4 rings (SSSR count). The van der Waals surface area contributed by atoms with Gasteiger partial charge in [-0.25, -0.2) is 4.39 Å². The third-order valence-corrected chi connectivity index (χ3v) is 5.45. The summed E-state index contributed by atoms with van der Waals surface area (Å²) in [5, 5.41) is 3.60. The minimum atomic E-state index is -4.40. The number of halogens is 4. The predicted octanol–water partition coefficient (Wildman–Crippen LogP) is 5.63. The summed E-state index contributed by atoms with van der Waals surface area (Å²) < 4.78 is 52.4. The number of likely N-dealkylation sites (tertiary alicyclic amines) is 1. The van der Waals surface area contributed by atoms with Gasteiger partial charge >= 0.3 is 6.18 Å². The number of carbonyl (C=O) groups is 1. The molecular weight excluding hydrogens is 410 g/mol. The molecule has 1 fully saturated rings. The molecule has 1 saturated heterocycles. The molecule has 1 aromatic heterocycles. The zero-order valence-electron chi connectivity index (χ0n) is 16.7. The number of benzene rings is 2. The number of fused-ring (bicyclic) bond motifs is 1. The number of nitrogens with zero attached hydrogens (tertiary/aromatic N) is 2. The molecule has 0 saturated carbocycles. The first-order valence-electron chi connectivity index (χ1n) is 10.1. The lowest BCUT2D eigenvalue weighted by atomic mass is 10.1. The molecule has 1 amide bonds. The van der Waals surface area contributed by atoms with Crippen molar-refractivity contribution in [2.45, 2.75) is 32.0 Å². The Balaban J connectivity index is 1.67. The van der Waals surface area contributed by atoms with Crippen molar-refractivity contribution in [1.29, 1.82) is 0 Å². The summed E-state index contributed by atoms with van der Waals surface area (Å²) in [7, 11) is 0. The van der Waals surface area contributed by atoms with Crippen LogP contribution in [0.3, 0.4) is 0 Å². The van der Waals surface area contributed by atoms with E-state index in [1.54, 1.807) is 4.90 Å². The number of hydrogen-bond donors (Lipinski definition) is 1. The number of aromatic nitrogens is 1. The van der Waals surface area contributed by atoms with E-state index in [-0.39, 0.29) is 12.5 Å². The Morgan fingerprint density at radius 3 is 2.42 bits per heavy atom. The quantitative estimate of drug-likeness (QED) is 0.545. The average molecular weight is 431 g/mol. The molecule has 0 unspecified atom stereocenters. The predicted molar refractivity (Wildman–Crippen MR) is 110 cm³/mol. The maximum Gasteiger partial charge on any atom is 0.416 e. The Hall–Kier alpha value is -3.16. The van der Waals surface area contributed by atoms with E-state index in [9.17, 15) is 22.4 Å². The smallest absolute Gasteiger partial charge is 0.380 e. The normalized spacial score (nSPS) is 14.6. The number of alkyl halides is 3. The molecule has 31 heavy (non-hydrogen) atoms. The summed E-state index contributed by atoms with van der Waals surface area (Å²) in [5.74, 6) is -0.650. The number of carbonyl (C=O) groups excluding carboxylic acids is 1. The van der Waals surface area contributed by atoms with Gasteiger partial charge in [0.05, 0.1) is 22.3 Å². The van der Waals surface area contributed by atoms with Crippen molar-refractivity contribution in [2.24, 2.45) is 0 Å². The Labute approximate surface area is 176 Å². The molecule has 1 N–H and O–H groups in total. The van der Waals surface area contributed by atoms with Crippen molar-refractivity contribution in [3.8, 4) is 0 Å². The SMILES string of the molecule is O=C(c1cnc2ccc(F)cc2c1NCc1ccc(C(F)(F)F)cc1)N1CCCCC1. The van der Waals surface area contributed by atoms with Crippen LogP contribution >= 0.6 is 0 Å². The standard InChI is InChI=1S/C23H21F4N3O/c24-17-8-9-20-18(12-17)21(19(14-28-20)22(31)30-10-2-1-3-11-30)29-13-15-4-6-16(7-5-15)23(25,26)27/h4-9,12,14H,1-3,10-11,13H2,(H,28,29). The summed E-state index contributed by atoms with van der Waals surface area (Å²) in [6.45, 7) is 1.48. The van der Waals surface area contributed by atoms with E-state index >= 15 is 0 Å². The van der Waals surface area contributed by atoms with E-state index in [0.29, 0.717) is 40.8 Å². The maximum absolute atomic E-state index is 14.0. The average Bonchev–Trinajstić information content (AvgIpc) is 2.77. The lowest BCUT2D eigenvalue weighted by Crippen LogP contribution is -2.36. The van der Waals surface area contributed by atoms with Gasteiger partial charge in [-0.2, -0.15) is 13.2 Å². The molecule has 0 bridgehead atoms. The van der Waals surface area contributed by atoms with Crippen LogP contribution in [0.1, 0.15) is 40.7 Å². The van der Waals surface area contributed by atoms with Gasteiger partial charge in [-0.05, 0) is 55.2 Å². The molecule has 3 aromatic rings. The Morgan fingerprint density at radius 2 is 1.74 bits per heavy atom. The second-order valence-corrected chi connectivity index (χ2v) is 7.61. The van der Waals surface area contributed by atoms with Crippen molar-refractivity contribution in [3.63, 3.8) is 0 Å². The highest BCUT2D eigenvalue weighted by Crippen LogP contribution is 2.31. The number of pyridine rings is 1. The topological polar surface area (TPSA) is 45.2 Å². The van der Waals surface area contributed by atoms with Crippen molar-refractivity contribution in [3.05, 3.63) is 71.2 Å². The molecule has 0 spiro atoms. The largest absolute Gasteiger partial charge is 0.416 e. The van der Waals surface area contributed by atoms with Crippen molar-refractivity contribution >= 4 is 22.5 Å². The highest BCUT2D eigenvalue weighted by atomic mass is 19.4. The van der Waals surface area contributed by atoms with Gasteiger partial charge < -0.3 is 10.2 Å². The third kappa shape index (κ3) is 4.62. The summed E-state index contributed by atoms with van der Waals surface area (Å²) in [4.78, 5) is 19.2. The fourth-order valence-corrected chi connectivity index (χ4v) is 3.79. The molecule has 8 heteroatoms.